The molecule has 0 aliphatic heterocycles. The molecule has 0 fully saturated rings. The number of hydrogen-bond donors (Lipinski definition) is 1. The Bertz CT molecular complexity index is 855. The summed E-state index contributed by atoms with van der Waals surface area (Å²) in [6.45, 7) is 0.224. The minimum absolute atomic E-state index is 0.216. The smallest absolute Gasteiger partial charge is 0.392 e. The molecule has 0 radical (unpaired) electrons. The number of halogens is 3. The predicted octanol–water partition coefficient (Wildman–Crippen LogP) is 4.73. The summed E-state index contributed by atoms with van der Waals surface area (Å²) in [5, 5.41) is 3.29. The Morgan fingerprint density at radius 1 is 1.31 bits per heavy atom. The Kier molecular flexibility index (Phi) is 6.61. The van der Waals surface area contributed by atoms with E-state index >= 15 is 0 Å². The van der Waals surface area contributed by atoms with Crippen LogP contribution in [0.2, 0.25) is 0 Å². The van der Waals surface area contributed by atoms with Crippen molar-refractivity contribution < 1.29 is 27.4 Å². The molecular formula is C21H23F3N2O3. The third kappa shape index (κ3) is 5.62. The van der Waals surface area contributed by atoms with Gasteiger partial charge in [-0.2, -0.15) is 13.2 Å². The largest absolute Gasteiger partial charge is 0.493 e. The van der Waals surface area contributed by atoms with Crippen molar-refractivity contribution in [2.75, 3.05) is 25.6 Å². The topological polar surface area (TPSA) is 60.5 Å². The summed E-state index contributed by atoms with van der Waals surface area (Å²) in [7, 11) is 1.33. The molecule has 0 bridgehead atoms. The Hall–Kier alpha value is -2.77. The van der Waals surface area contributed by atoms with Gasteiger partial charge in [0.1, 0.15) is 5.75 Å². The number of aryl methyl sites for hydroxylation is 1. The number of nitrogens with zero attached hydrogens (tertiary/aromatic N) is 1. The van der Waals surface area contributed by atoms with Gasteiger partial charge in [0.15, 0.2) is 0 Å². The molecule has 1 aromatic carbocycles. The first kappa shape index (κ1) is 21.0. The van der Waals surface area contributed by atoms with Gasteiger partial charge in [-0.15, -0.1) is 0 Å². The van der Waals surface area contributed by atoms with E-state index in [-0.39, 0.29) is 12.5 Å². The number of esters is 1. The molecule has 1 heterocycles. The lowest BCUT2D eigenvalue weighted by atomic mass is 9.82. The van der Waals surface area contributed by atoms with Crippen LogP contribution in [0, 0.1) is 0 Å². The average Bonchev–Trinajstić information content (AvgIpc) is 2.70. The fourth-order valence-electron chi connectivity index (χ4n) is 3.53. The molecule has 29 heavy (non-hydrogen) atoms. The van der Waals surface area contributed by atoms with Gasteiger partial charge in [-0.05, 0) is 48.6 Å². The highest BCUT2D eigenvalue weighted by atomic mass is 19.4. The molecule has 0 saturated heterocycles. The van der Waals surface area contributed by atoms with Crippen molar-refractivity contribution in [2.24, 2.45) is 0 Å². The first-order valence-electron chi connectivity index (χ1n) is 9.46. The normalized spacial score (nSPS) is 16.1. The summed E-state index contributed by atoms with van der Waals surface area (Å²) in [6, 6.07) is 7.08. The third-order valence-corrected chi connectivity index (χ3v) is 4.97. The predicted molar refractivity (Wildman–Crippen MR) is 102 cm³/mol. The van der Waals surface area contributed by atoms with Crippen LogP contribution in [0.25, 0.3) is 0 Å². The van der Waals surface area contributed by atoms with Gasteiger partial charge in [0.05, 0.1) is 37.6 Å². The third-order valence-electron chi connectivity index (χ3n) is 4.97. The Labute approximate surface area is 167 Å². The van der Waals surface area contributed by atoms with Crippen LogP contribution in [0.15, 0.2) is 36.7 Å². The SMILES string of the molecule is COC(=O)c1ccncc1NC[C@H]1CCCc2cc(OCCC(F)(F)F)ccc21. The number of ether oxygens (including phenoxy) is 2. The minimum Gasteiger partial charge on any atom is -0.493 e. The van der Waals surface area contributed by atoms with Crippen molar-refractivity contribution in [3.05, 3.63) is 53.3 Å². The fourth-order valence-corrected chi connectivity index (χ4v) is 3.53. The highest BCUT2D eigenvalue weighted by Gasteiger charge is 2.27. The van der Waals surface area contributed by atoms with Crippen molar-refractivity contribution in [1.29, 1.82) is 0 Å². The standard InChI is InChI=1S/C21H23F3N2O3/c1-28-20(27)18-7-9-25-13-19(18)26-12-15-4-2-3-14-11-16(5-6-17(14)15)29-10-8-21(22,23)24/h5-7,9,11,13,15,26H,2-4,8,10,12H2,1H3/t15-/m1/s1. The molecule has 1 aliphatic carbocycles. The van der Waals surface area contributed by atoms with E-state index in [4.69, 9.17) is 9.47 Å². The van der Waals surface area contributed by atoms with Crippen LogP contribution in [0.1, 0.15) is 46.7 Å². The number of alkyl halides is 3. The lowest BCUT2D eigenvalue weighted by Crippen LogP contribution is -2.19. The van der Waals surface area contributed by atoms with Gasteiger partial charge < -0.3 is 14.8 Å². The van der Waals surface area contributed by atoms with Crippen molar-refractivity contribution in [2.45, 2.75) is 37.8 Å². The molecule has 0 spiro atoms. The van der Waals surface area contributed by atoms with E-state index in [2.05, 4.69) is 10.3 Å². The van der Waals surface area contributed by atoms with Gasteiger partial charge in [-0.3, -0.25) is 4.98 Å². The van der Waals surface area contributed by atoms with Crippen LogP contribution >= 0.6 is 0 Å². The first-order valence-corrected chi connectivity index (χ1v) is 9.46. The zero-order valence-corrected chi connectivity index (χ0v) is 16.1. The summed E-state index contributed by atoms with van der Waals surface area (Å²) in [5.74, 6) is 0.245. The van der Waals surface area contributed by atoms with E-state index < -0.39 is 18.6 Å². The molecule has 5 nitrogen and oxygen atoms in total. The highest BCUT2D eigenvalue weighted by Crippen LogP contribution is 2.34. The second-order valence-electron chi connectivity index (χ2n) is 6.96. The van der Waals surface area contributed by atoms with Crippen molar-refractivity contribution in [1.82, 2.24) is 4.98 Å². The fraction of sp³-hybridized carbons (Fsp3) is 0.429. The monoisotopic (exact) mass is 408 g/mol. The molecule has 0 unspecified atom stereocenters. The van der Waals surface area contributed by atoms with Gasteiger partial charge in [-0.1, -0.05) is 6.07 Å². The van der Waals surface area contributed by atoms with Crippen LogP contribution in [-0.4, -0.2) is 37.4 Å². The summed E-state index contributed by atoms with van der Waals surface area (Å²) >= 11 is 0. The number of hydrogen-bond acceptors (Lipinski definition) is 5. The Morgan fingerprint density at radius 3 is 2.90 bits per heavy atom. The quantitative estimate of drug-likeness (QED) is 0.671. The molecule has 3 rings (SSSR count). The molecule has 2 aromatic rings. The van der Waals surface area contributed by atoms with Crippen LogP contribution < -0.4 is 10.1 Å². The van der Waals surface area contributed by atoms with Gasteiger partial charge in [0, 0.05) is 18.7 Å². The number of carbonyl (C=O) groups excluding carboxylic acids is 1. The zero-order chi connectivity index (χ0) is 20.9. The molecule has 1 atom stereocenters. The molecule has 0 amide bonds. The average molecular weight is 408 g/mol. The van der Waals surface area contributed by atoms with Crippen molar-refractivity contribution in [3.63, 3.8) is 0 Å². The molecule has 1 aromatic heterocycles. The number of benzene rings is 1. The number of methoxy groups -OCH3 is 1. The van der Waals surface area contributed by atoms with Gasteiger partial charge >= 0.3 is 12.1 Å². The molecule has 0 saturated carbocycles. The van der Waals surface area contributed by atoms with E-state index in [9.17, 15) is 18.0 Å². The van der Waals surface area contributed by atoms with Crippen LogP contribution in [0.4, 0.5) is 18.9 Å². The summed E-state index contributed by atoms with van der Waals surface area (Å²) in [4.78, 5) is 16.0. The number of aromatic nitrogens is 1. The minimum atomic E-state index is -4.22. The maximum absolute atomic E-state index is 12.3. The van der Waals surface area contributed by atoms with Crippen molar-refractivity contribution in [3.8, 4) is 5.75 Å². The molecule has 156 valence electrons. The molecular weight excluding hydrogens is 385 g/mol. The summed E-state index contributed by atoms with van der Waals surface area (Å²) in [5.41, 5.74) is 3.27. The summed E-state index contributed by atoms with van der Waals surface area (Å²) in [6.07, 6.45) is 0.749. The molecule has 8 heteroatoms. The maximum Gasteiger partial charge on any atom is 0.392 e. The number of fused-ring (bicyclic) bond motifs is 1. The number of nitrogens with one attached hydrogen (secondary N) is 1. The Morgan fingerprint density at radius 2 is 2.14 bits per heavy atom. The molecule has 1 N–H and O–H groups in total. The van der Waals surface area contributed by atoms with E-state index in [0.717, 1.165) is 30.4 Å². The molecule has 1 aliphatic rings. The zero-order valence-electron chi connectivity index (χ0n) is 16.1. The van der Waals surface area contributed by atoms with Gasteiger partial charge in [0.25, 0.3) is 0 Å². The lowest BCUT2D eigenvalue weighted by Gasteiger charge is -2.27. The number of pyridine rings is 1. The number of anilines is 1. The van der Waals surface area contributed by atoms with Crippen LogP contribution in [-0.2, 0) is 11.2 Å². The van der Waals surface area contributed by atoms with E-state index in [1.807, 2.05) is 12.1 Å². The highest BCUT2D eigenvalue weighted by molar-refractivity contribution is 5.95. The van der Waals surface area contributed by atoms with E-state index in [1.54, 1.807) is 18.3 Å². The van der Waals surface area contributed by atoms with Crippen LogP contribution in [0.3, 0.4) is 0 Å². The Balaban J connectivity index is 1.66. The van der Waals surface area contributed by atoms with Gasteiger partial charge in [0.2, 0.25) is 0 Å². The maximum atomic E-state index is 12.3. The number of carbonyl (C=O) groups is 1. The van der Waals surface area contributed by atoms with Crippen LogP contribution in [0.5, 0.6) is 5.75 Å². The summed E-state index contributed by atoms with van der Waals surface area (Å²) < 4.78 is 46.9. The van der Waals surface area contributed by atoms with Gasteiger partial charge in [-0.25, -0.2) is 4.79 Å². The first-order chi connectivity index (χ1) is 13.9. The van der Waals surface area contributed by atoms with E-state index in [1.165, 1.54) is 13.3 Å². The lowest BCUT2D eigenvalue weighted by molar-refractivity contribution is -0.139. The number of rotatable bonds is 7. The van der Waals surface area contributed by atoms with Crippen molar-refractivity contribution >= 4 is 11.7 Å². The van der Waals surface area contributed by atoms with E-state index in [0.29, 0.717) is 23.5 Å². The second kappa shape index (κ2) is 9.15. The second-order valence-corrected chi connectivity index (χ2v) is 6.96.